The molecule has 1 atom stereocenters. The largest absolute Gasteiger partial charge is 0.463 e. The van der Waals surface area contributed by atoms with Crippen molar-refractivity contribution in [3.8, 4) is 11.5 Å². The van der Waals surface area contributed by atoms with Gasteiger partial charge in [-0.2, -0.15) is 0 Å². The highest BCUT2D eigenvalue weighted by Crippen LogP contribution is 2.30. The summed E-state index contributed by atoms with van der Waals surface area (Å²) >= 11 is 0. The second-order valence-corrected chi connectivity index (χ2v) is 8.78. The molecule has 1 amide bonds. The summed E-state index contributed by atoms with van der Waals surface area (Å²) < 4.78 is 7.09. The molecule has 180 valence electrons. The Morgan fingerprint density at radius 1 is 0.838 bits per heavy atom. The van der Waals surface area contributed by atoms with Crippen molar-refractivity contribution < 1.29 is 9.21 Å². The van der Waals surface area contributed by atoms with E-state index in [1.165, 1.54) is 6.26 Å². The highest BCUT2D eigenvalue weighted by molar-refractivity contribution is 5.94. The van der Waals surface area contributed by atoms with Crippen LogP contribution in [0.15, 0.2) is 125 Å². The van der Waals surface area contributed by atoms with Crippen LogP contribution in [0, 0.1) is 0 Å². The number of nitrogens with one attached hydrogen (secondary N) is 1. The van der Waals surface area contributed by atoms with Crippen LogP contribution in [0.5, 0.6) is 0 Å². The molecule has 0 saturated heterocycles. The van der Waals surface area contributed by atoms with Crippen LogP contribution in [0.1, 0.15) is 17.2 Å². The van der Waals surface area contributed by atoms with Crippen LogP contribution in [-0.2, 0) is 11.3 Å². The summed E-state index contributed by atoms with van der Waals surface area (Å²) in [7, 11) is 0. The summed E-state index contributed by atoms with van der Waals surface area (Å²) in [5.41, 5.74) is 2.61. The lowest BCUT2D eigenvalue weighted by Gasteiger charge is -2.24. The summed E-state index contributed by atoms with van der Waals surface area (Å²) in [5, 5.41) is 4.95. The second-order valence-electron chi connectivity index (χ2n) is 8.78. The monoisotopic (exact) mass is 485 g/mol. The Balaban J connectivity index is 1.60. The van der Waals surface area contributed by atoms with Gasteiger partial charge in [-0.25, -0.2) is 4.98 Å². The van der Waals surface area contributed by atoms with Crippen molar-refractivity contribution in [3.05, 3.63) is 137 Å². The molecule has 0 bridgehead atoms. The standard InChI is InChI=1S/C31H23N3O3/c35-30(32-20-21-10-2-1-3-11-21)29(24-15-8-13-22-12-4-5-14-23(22)24)34-26-17-7-6-16-25(26)33-28(31(34)36)27-18-9-19-37-27/h1-19,29H,20H2,(H,32,35). The second kappa shape index (κ2) is 9.59. The number of fused-ring (bicyclic) bond motifs is 2. The van der Waals surface area contributed by atoms with Gasteiger partial charge in [0.2, 0.25) is 5.91 Å². The maximum atomic E-state index is 14.1. The minimum absolute atomic E-state index is 0.157. The molecule has 4 aromatic carbocycles. The number of amides is 1. The molecule has 0 spiro atoms. The summed E-state index contributed by atoms with van der Waals surface area (Å²) in [4.78, 5) is 32.7. The smallest absolute Gasteiger partial charge is 0.281 e. The maximum absolute atomic E-state index is 14.1. The molecule has 0 fully saturated rings. The topological polar surface area (TPSA) is 77.1 Å². The fraction of sp³-hybridized carbons (Fsp3) is 0.0645. The number of benzene rings is 4. The van der Waals surface area contributed by atoms with Crippen molar-refractivity contribution in [2.45, 2.75) is 12.6 Å². The maximum Gasteiger partial charge on any atom is 0.281 e. The molecule has 0 radical (unpaired) electrons. The molecule has 2 heterocycles. The predicted octanol–water partition coefficient (Wildman–Crippen LogP) is 5.72. The van der Waals surface area contributed by atoms with E-state index in [4.69, 9.17) is 4.42 Å². The summed E-state index contributed by atoms with van der Waals surface area (Å²) in [6.45, 7) is 0.337. The first-order valence-corrected chi connectivity index (χ1v) is 12.0. The van der Waals surface area contributed by atoms with Crippen LogP contribution < -0.4 is 10.9 Å². The first-order valence-electron chi connectivity index (χ1n) is 12.0. The molecule has 6 heteroatoms. The molecule has 0 saturated carbocycles. The van der Waals surface area contributed by atoms with Crippen molar-refractivity contribution in [2.75, 3.05) is 0 Å². The first kappa shape index (κ1) is 22.5. The Morgan fingerprint density at radius 2 is 1.59 bits per heavy atom. The van der Waals surface area contributed by atoms with E-state index in [1.54, 1.807) is 16.7 Å². The van der Waals surface area contributed by atoms with Gasteiger partial charge in [-0.15, -0.1) is 0 Å². The zero-order valence-corrected chi connectivity index (χ0v) is 19.9. The van der Waals surface area contributed by atoms with Gasteiger partial charge >= 0.3 is 0 Å². The van der Waals surface area contributed by atoms with Crippen molar-refractivity contribution in [1.29, 1.82) is 0 Å². The zero-order valence-electron chi connectivity index (χ0n) is 19.9. The van der Waals surface area contributed by atoms with Gasteiger partial charge in [-0.3, -0.25) is 14.2 Å². The lowest BCUT2D eigenvalue weighted by molar-refractivity contribution is -0.123. The average Bonchev–Trinajstić information content (AvgIpc) is 3.48. The molecule has 1 N–H and O–H groups in total. The number of para-hydroxylation sites is 2. The van der Waals surface area contributed by atoms with Gasteiger partial charge in [0, 0.05) is 6.54 Å². The average molecular weight is 486 g/mol. The molecular formula is C31H23N3O3. The number of carbonyl (C=O) groups is 1. The summed E-state index contributed by atoms with van der Waals surface area (Å²) in [6.07, 6.45) is 1.50. The van der Waals surface area contributed by atoms with Gasteiger partial charge in [0.25, 0.3) is 5.56 Å². The Morgan fingerprint density at radius 3 is 2.43 bits per heavy atom. The van der Waals surface area contributed by atoms with Gasteiger partial charge in [0.1, 0.15) is 6.04 Å². The minimum Gasteiger partial charge on any atom is -0.463 e. The molecule has 1 unspecified atom stereocenters. The SMILES string of the molecule is O=C(NCc1ccccc1)C(c1cccc2ccccc12)n1c(=O)c(-c2ccco2)nc2ccccc21. The van der Waals surface area contributed by atoms with Crippen LogP contribution in [0.4, 0.5) is 0 Å². The third kappa shape index (κ3) is 4.19. The Kier molecular flexibility index (Phi) is 5.83. The number of rotatable bonds is 6. The van der Waals surface area contributed by atoms with E-state index >= 15 is 0 Å². The van der Waals surface area contributed by atoms with Gasteiger partial charge in [0.05, 0.1) is 17.3 Å². The first-order chi connectivity index (χ1) is 18.2. The number of furan rings is 1. The van der Waals surface area contributed by atoms with Gasteiger partial charge < -0.3 is 9.73 Å². The van der Waals surface area contributed by atoms with E-state index in [0.29, 0.717) is 23.3 Å². The molecule has 0 aliphatic carbocycles. The minimum atomic E-state index is -0.941. The molecular weight excluding hydrogens is 462 g/mol. The number of hydrogen-bond donors (Lipinski definition) is 1. The van der Waals surface area contributed by atoms with Crippen LogP contribution in [-0.4, -0.2) is 15.5 Å². The third-order valence-electron chi connectivity index (χ3n) is 6.48. The summed E-state index contributed by atoms with van der Waals surface area (Å²) in [5.74, 6) is 0.0647. The van der Waals surface area contributed by atoms with E-state index in [1.807, 2.05) is 97.1 Å². The molecule has 37 heavy (non-hydrogen) atoms. The highest BCUT2D eigenvalue weighted by atomic mass is 16.3. The van der Waals surface area contributed by atoms with Crippen molar-refractivity contribution in [3.63, 3.8) is 0 Å². The fourth-order valence-electron chi connectivity index (χ4n) is 4.75. The van der Waals surface area contributed by atoms with E-state index in [-0.39, 0.29) is 11.6 Å². The number of hydrogen-bond acceptors (Lipinski definition) is 4. The number of nitrogens with zero attached hydrogens (tertiary/aromatic N) is 2. The van der Waals surface area contributed by atoms with Gasteiger partial charge in [-0.1, -0.05) is 84.9 Å². The van der Waals surface area contributed by atoms with Crippen LogP contribution >= 0.6 is 0 Å². The van der Waals surface area contributed by atoms with Gasteiger partial charge in [-0.05, 0) is 46.2 Å². The van der Waals surface area contributed by atoms with Crippen LogP contribution in [0.25, 0.3) is 33.3 Å². The third-order valence-corrected chi connectivity index (χ3v) is 6.48. The van der Waals surface area contributed by atoms with Crippen molar-refractivity contribution >= 4 is 27.7 Å². The van der Waals surface area contributed by atoms with E-state index in [2.05, 4.69) is 10.3 Å². The lowest BCUT2D eigenvalue weighted by Crippen LogP contribution is -2.38. The molecule has 0 aliphatic heterocycles. The van der Waals surface area contributed by atoms with Gasteiger partial charge in [0.15, 0.2) is 11.5 Å². The molecule has 6 rings (SSSR count). The Bertz CT molecular complexity index is 1770. The van der Waals surface area contributed by atoms with Crippen LogP contribution in [0.2, 0.25) is 0 Å². The summed E-state index contributed by atoms with van der Waals surface area (Å²) in [6, 6.07) is 33.2. The van der Waals surface area contributed by atoms with E-state index in [0.717, 1.165) is 21.9 Å². The lowest BCUT2D eigenvalue weighted by atomic mass is 9.97. The molecule has 2 aromatic heterocycles. The van der Waals surface area contributed by atoms with E-state index in [9.17, 15) is 9.59 Å². The van der Waals surface area contributed by atoms with Crippen molar-refractivity contribution in [2.24, 2.45) is 0 Å². The fourth-order valence-corrected chi connectivity index (χ4v) is 4.75. The molecule has 0 aliphatic rings. The zero-order chi connectivity index (χ0) is 25.2. The van der Waals surface area contributed by atoms with Crippen LogP contribution in [0.3, 0.4) is 0 Å². The normalized spacial score (nSPS) is 12.0. The molecule has 6 aromatic rings. The Hall–Kier alpha value is -4.97. The quantitative estimate of drug-likeness (QED) is 0.328. The van der Waals surface area contributed by atoms with E-state index < -0.39 is 11.6 Å². The Labute approximate surface area is 212 Å². The number of carbonyl (C=O) groups excluding carboxylic acids is 1. The number of aromatic nitrogens is 2. The molecule has 6 nitrogen and oxygen atoms in total. The highest BCUT2D eigenvalue weighted by Gasteiger charge is 2.29. The van der Waals surface area contributed by atoms with Crippen molar-refractivity contribution in [1.82, 2.24) is 14.9 Å². The predicted molar refractivity (Wildman–Crippen MR) is 144 cm³/mol.